The fourth-order valence-electron chi connectivity index (χ4n) is 1.26. The highest BCUT2D eigenvalue weighted by atomic mass is 19.1. The predicted octanol–water partition coefficient (Wildman–Crippen LogP) is 1.74. The Labute approximate surface area is 102 Å². The topological polar surface area (TPSA) is 78.7 Å². The third kappa shape index (κ3) is 2.47. The summed E-state index contributed by atoms with van der Waals surface area (Å²) in [6.07, 6.45) is 3.64. The zero-order valence-corrected chi connectivity index (χ0v) is 9.09. The van der Waals surface area contributed by atoms with Crippen LogP contribution in [-0.2, 0) is 0 Å². The number of carbonyl (C=O) groups is 1. The van der Waals surface area contributed by atoms with Gasteiger partial charge in [0.15, 0.2) is 5.82 Å². The van der Waals surface area contributed by atoms with Crippen molar-refractivity contribution in [2.45, 2.75) is 0 Å². The van der Waals surface area contributed by atoms with Crippen LogP contribution in [0.5, 0.6) is 0 Å². The number of hydrogen-bond donors (Lipinski definition) is 1. The van der Waals surface area contributed by atoms with Crippen molar-refractivity contribution in [3.8, 4) is 6.07 Å². The van der Waals surface area contributed by atoms with Gasteiger partial charge in [0.25, 0.3) is 5.91 Å². The quantitative estimate of drug-likeness (QED) is 0.869. The Morgan fingerprint density at radius 3 is 2.78 bits per heavy atom. The Hall–Kier alpha value is -2.81. The zero-order valence-electron chi connectivity index (χ0n) is 9.09. The largest absolute Gasteiger partial charge is 0.318 e. The number of nitriles is 1. The molecule has 0 atom stereocenters. The Kier molecular flexibility index (Phi) is 3.25. The van der Waals surface area contributed by atoms with Gasteiger partial charge in [0.1, 0.15) is 11.8 Å². The molecule has 0 radical (unpaired) electrons. The lowest BCUT2D eigenvalue weighted by molar-refractivity contribution is 0.102. The van der Waals surface area contributed by atoms with Crippen LogP contribution in [0.2, 0.25) is 0 Å². The van der Waals surface area contributed by atoms with Gasteiger partial charge in [-0.2, -0.15) is 5.26 Å². The normalized spacial score (nSPS) is 9.56. The van der Waals surface area contributed by atoms with Crippen molar-refractivity contribution in [1.82, 2.24) is 9.97 Å². The van der Waals surface area contributed by atoms with Crippen LogP contribution in [0.1, 0.15) is 16.1 Å². The second-order valence-electron chi connectivity index (χ2n) is 3.35. The fourth-order valence-corrected chi connectivity index (χ4v) is 1.26. The second-order valence-corrected chi connectivity index (χ2v) is 3.35. The first kappa shape index (κ1) is 11.7. The number of anilines is 1. The number of carbonyl (C=O) groups excluding carboxylic acids is 1. The van der Waals surface area contributed by atoms with Crippen molar-refractivity contribution in [3.05, 3.63) is 53.9 Å². The van der Waals surface area contributed by atoms with E-state index in [1.807, 2.05) is 6.07 Å². The van der Waals surface area contributed by atoms with Crippen LogP contribution in [0.3, 0.4) is 0 Å². The summed E-state index contributed by atoms with van der Waals surface area (Å²) in [7, 11) is 0. The molecule has 1 amide bonds. The highest BCUT2D eigenvalue weighted by Gasteiger charge is 2.10. The minimum Gasteiger partial charge on any atom is -0.318 e. The summed E-state index contributed by atoms with van der Waals surface area (Å²) in [6.45, 7) is 0. The number of aromatic nitrogens is 2. The van der Waals surface area contributed by atoms with Gasteiger partial charge in [-0.1, -0.05) is 0 Å². The number of halogens is 1. The standard InChI is InChI=1S/C12H7FN4O/c13-9-7-15-4-3-10(9)17-12(18)11-2-1-8(5-14)6-16-11/h1-4,6-7H,(H,15,17,18). The van der Waals surface area contributed by atoms with Crippen LogP contribution in [0.15, 0.2) is 36.8 Å². The van der Waals surface area contributed by atoms with E-state index in [0.717, 1.165) is 6.20 Å². The van der Waals surface area contributed by atoms with Crippen LogP contribution < -0.4 is 5.32 Å². The monoisotopic (exact) mass is 242 g/mol. The summed E-state index contributed by atoms with van der Waals surface area (Å²) in [4.78, 5) is 19.1. The number of nitrogens with zero attached hydrogens (tertiary/aromatic N) is 3. The van der Waals surface area contributed by atoms with E-state index in [0.29, 0.717) is 5.56 Å². The molecular weight excluding hydrogens is 235 g/mol. The smallest absolute Gasteiger partial charge is 0.274 e. The van der Waals surface area contributed by atoms with Gasteiger partial charge in [-0.25, -0.2) is 9.37 Å². The maximum Gasteiger partial charge on any atom is 0.274 e. The third-order valence-corrected chi connectivity index (χ3v) is 2.15. The summed E-state index contributed by atoms with van der Waals surface area (Å²) in [5, 5.41) is 11.0. The van der Waals surface area contributed by atoms with Gasteiger partial charge in [0, 0.05) is 12.4 Å². The number of rotatable bonds is 2. The van der Waals surface area contributed by atoms with Crippen LogP contribution in [0.4, 0.5) is 10.1 Å². The molecule has 6 heteroatoms. The van der Waals surface area contributed by atoms with E-state index in [-0.39, 0.29) is 11.4 Å². The average Bonchev–Trinajstić information content (AvgIpc) is 2.41. The molecule has 2 aromatic rings. The van der Waals surface area contributed by atoms with Crippen LogP contribution in [-0.4, -0.2) is 15.9 Å². The van der Waals surface area contributed by atoms with Crippen LogP contribution in [0, 0.1) is 17.1 Å². The molecule has 1 N–H and O–H groups in total. The summed E-state index contributed by atoms with van der Waals surface area (Å²) >= 11 is 0. The number of pyridine rings is 2. The first-order valence-corrected chi connectivity index (χ1v) is 4.97. The van der Waals surface area contributed by atoms with Crippen molar-refractivity contribution in [1.29, 1.82) is 5.26 Å². The van der Waals surface area contributed by atoms with Crippen molar-refractivity contribution < 1.29 is 9.18 Å². The molecule has 0 saturated heterocycles. The Bertz CT molecular complexity index is 619. The van der Waals surface area contributed by atoms with Crippen molar-refractivity contribution in [3.63, 3.8) is 0 Å². The Morgan fingerprint density at radius 1 is 1.33 bits per heavy atom. The number of amides is 1. The summed E-state index contributed by atoms with van der Waals surface area (Å²) < 4.78 is 13.2. The SMILES string of the molecule is N#Cc1ccc(C(=O)Nc2ccncc2F)nc1. The average molecular weight is 242 g/mol. The molecule has 0 saturated carbocycles. The van der Waals surface area contributed by atoms with Gasteiger partial charge < -0.3 is 5.32 Å². The second kappa shape index (κ2) is 5.01. The van der Waals surface area contributed by atoms with E-state index >= 15 is 0 Å². The van der Waals surface area contributed by atoms with Crippen molar-refractivity contribution in [2.24, 2.45) is 0 Å². The molecule has 0 unspecified atom stereocenters. The van der Waals surface area contributed by atoms with E-state index in [2.05, 4.69) is 15.3 Å². The first-order chi connectivity index (χ1) is 8.70. The van der Waals surface area contributed by atoms with E-state index in [4.69, 9.17) is 5.26 Å². The van der Waals surface area contributed by atoms with E-state index in [1.165, 1.54) is 30.6 Å². The molecule has 0 spiro atoms. The first-order valence-electron chi connectivity index (χ1n) is 4.97. The fraction of sp³-hybridized carbons (Fsp3) is 0. The molecule has 2 heterocycles. The van der Waals surface area contributed by atoms with Gasteiger partial charge in [-0.05, 0) is 18.2 Å². The maximum absolute atomic E-state index is 13.2. The zero-order chi connectivity index (χ0) is 13.0. The van der Waals surface area contributed by atoms with Gasteiger partial charge >= 0.3 is 0 Å². The molecule has 2 rings (SSSR count). The molecular formula is C12H7FN4O. The van der Waals surface area contributed by atoms with Crippen molar-refractivity contribution in [2.75, 3.05) is 5.32 Å². The molecule has 0 aromatic carbocycles. The van der Waals surface area contributed by atoms with Crippen molar-refractivity contribution >= 4 is 11.6 Å². The number of hydrogen-bond acceptors (Lipinski definition) is 4. The van der Waals surface area contributed by atoms with E-state index < -0.39 is 11.7 Å². The van der Waals surface area contributed by atoms with Gasteiger partial charge in [-0.3, -0.25) is 9.78 Å². The Balaban J connectivity index is 2.17. The van der Waals surface area contributed by atoms with Gasteiger partial charge in [-0.15, -0.1) is 0 Å². The summed E-state index contributed by atoms with van der Waals surface area (Å²) in [5.74, 6) is -1.18. The molecule has 18 heavy (non-hydrogen) atoms. The molecule has 0 aliphatic rings. The van der Waals surface area contributed by atoms with Gasteiger partial charge in [0.2, 0.25) is 0 Å². The molecule has 0 bridgehead atoms. The summed E-state index contributed by atoms with van der Waals surface area (Å²) in [6, 6.07) is 6.09. The summed E-state index contributed by atoms with van der Waals surface area (Å²) in [5.41, 5.74) is 0.480. The number of nitrogens with one attached hydrogen (secondary N) is 1. The van der Waals surface area contributed by atoms with Crippen LogP contribution in [0.25, 0.3) is 0 Å². The molecule has 0 fully saturated rings. The van der Waals surface area contributed by atoms with E-state index in [1.54, 1.807) is 0 Å². The molecule has 88 valence electrons. The lowest BCUT2D eigenvalue weighted by atomic mass is 10.2. The lowest BCUT2D eigenvalue weighted by Crippen LogP contribution is -2.14. The third-order valence-electron chi connectivity index (χ3n) is 2.15. The Morgan fingerprint density at radius 2 is 2.17 bits per heavy atom. The molecule has 2 aromatic heterocycles. The van der Waals surface area contributed by atoms with Gasteiger partial charge in [0.05, 0.1) is 17.4 Å². The van der Waals surface area contributed by atoms with E-state index in [9.17, 15) is 9.18 Å². The maximum atomic E-state index is 13.2. The minimum atomic E-state index is -0.625. The predicted molar refractivity (Wildman–Crippen MR) is 61.1 cm³/mol. The molecule has 5 nitrogen and oxygen atoms in total. The molecule has 0 aliphatic carbocycles. The molecule has 0 aliphatic heterocycles. The highest BCUT2D eigenvalue weighted by Crippen LogP contribution is 2.12. The lowest BCUT2D eigenvalue weighted by Gasteiger charge is -2.04. The van der Waals surface area contributed by atoms with Crippen LogP contribution >= 0.6 is 0 Å². The highest BCUT2D eigenvalue weighted by molar-refractivity contribution is 6.02. The minimum absolute atomic E-state index is 0.0289.